The molecule has 2 N–H and O–H groups in total. The number of thioether (sulfide) groups is 2. The van der Waals surface area contributed by atoms with E-state index >= 15 is 0 Å². The van der Waals surface area contributed by atoms with Gasteiger partial charge in [-0.1, -0.05) is 0 Å². The highest BCUT2D eigenvalue weighted by molar-refractivity contribution is 8.02. The number of rotatable bonds is 6. The molecule has 0 radical (unpaired) electrons. The lowest BCUT2D eigenvalue weighted by molar-refractivity contribution is 0.721. The van der Waals surface area contributed by atoms with Gasteiger partial charge >= 0.3 is 0 Å². The molecule has 3 heteroatoms. The van der Waals surface area contributed by atoms with Crippen molar-refractivity contribution in [3.05, 3.63) is 0 Å². The van der Waals surface area contributed by atoms with Crippen LogP contribution in [-0.4, -0.2) is 29.6 Å². The van der Waals surface area contributed by atoms with Crippen LogP contribution in [0.15, 0.2) is 0 Å². The first-order valence-electron chi connectivity index (χ1n) is 3.59. The van der Waals surface area contributed by atoms with Gasteiger partial charge in [0.05, 0.1) is 0 Å². The molecule has 0 aromatic heterocycles. The van der Waals surface area contributed by atoms with Gasteiger partial charge in [-0.3, -0.25) is 0 Å². The van der Waals surface area contributed by atoms with E-state index in [1.54, 1.807) is 0 Å². The van der Waals surface area contributed by atoms with E-state index in [9.17, 15) is 0 Å². The third-order valence-corrected chi connectivity index (χ3v) is 3.04. The highest BCUT2D eigenvalue weighted by Crippen LogP contribution is 2.06. The molecule has 0 aliphatic rings. The summed E-state index contributed by atoms with van der Waals surface area (Å²) in [6.07, 6.45) is 3.30. The maximum absolute atomic E-state index is 5.59. The average molecular weight is 179 g/mol. The van der Waals surface area contributed by atoms with Gasteiger partial charge in [0.2, 0.25) is 0 Å². The largest absolute Gasteiger partial charge is 0.328 e. The van der Waals surface area contributed by atoms with Crippen molar-refractivity contribution >= 4 is 23.5 Å². The molecule has 0 rings (SSSR count). The fourth-order valence-electron chi connectivity index (χ4n) is 0.514. The third kappa shape index (κ3) is 8.66. The van der Waals surface area contributed by atoms with E-state index in [1.807, 2.05) is 23.5 Å². The lowest BCUT2D eigenvalue weighted by Crippen LogP contribution is -2.15. The minimum Gasteiger partial charge on any atom is -0.328 e. The zero-order valence-corrected chi connectivity index (χ0v) is 8.43. The summed E-state index contributed by atoms with van der Waals surface area (Å²) in [6, 6.07) is 0.377. The Hall–Kier alpha value is 0.660. The summed E-state index contributed by atoms with van der Waals surface area (Å²) in [5.74, 6) is 3.76. The summed E-state index contributed by atoms with van der Waals surface area (Å²) >= 11 is 3.91. The molecule has 0 heterocycles. The van der Waals surface area contributed by atoms with Crippen molar-refractivity contribution in [1.29, 1.82) is 0 Å². The van der Waals surface area contributed by atoms with Crippen LogP contribution >= 0.6 is 23.5 Å². The molecule has 0 bridgehead atoms. The summed E-state index contributed by atoms with van der Waals surface area (Å²) in [6.45, 7) is 2.06. The fourth-order valence-corrected chi connectivity index (χ4v) is 2.39. The van der Waals surface area contributed by atoms with Gasteiger partial charge in [0.15, 0.2) is 0 Å². The van der Waals surface area contributed by atoms with Crippen molar-refractivity contribution < 1.29 is 0 Å². The summed E-state index contributed by atoms with van der Waals surface area (Å²) in [5.41, 5.74) is 5.59. The molecule has 1 nitrogen and oxygen atoms in total. The van der Waals surface area contributed by atoms with Crippen molar-refractivity contribution in [2.45, 2.75) is 19.4 Å². The van der Waals surface area contributed by atoms with Crippen LogP contribution < -0.4 is 5.73 Å². The van der Waals surface area contributed by atoms with E-state index in [1.165, 1.54) is 17.3 Å². The van der Waals surface area contributed by atoms with Crippen LogP contribution in [0.5, 0.6) is 0 Å². The summed E-state index contributed by atoms with van der Waals surface area (Å²) < 4.78 is 0. The van der Waals surface area contributed by atoms with Crippen molar-refractivity contribution in [1.82, 2.24) is 0 Å². The second-order valence-corrected chi connectivity index (χ2v) is 4.58. The Bertz CT molecular complexity index is 66.6. The van der Waals surface area contributed by atoms with Crippen LogP contribution in [-0.2, 0) is 0 Å². The number of nitrogens with two attached hydrogens (primary N) is 1. The van der Waals surface area contributed by atoms with Gasteiger partial charge in [0.25, 0.3) is 0 Å². The highest BCUT2D eigenvalue weighted by Gasteiger charge is 1.93. The molecule has 0 amide bonds. The van der Waals surface area contributed by atoms with Crippen molar-refractivity contribution in [2.75, 3.05) is 23.5 Å². The monoisotopic (exact) mass is 179 g/mol. The van der Waals surface area contributed by atoms with Crippen LogP contribution in [0.2, 0.25) is 0 Å². The Morgan fingerprint density at radius 3 is 2.50 bits per heavy atom. The lowest BCUT2D eigenvalue weighted by atomic mass is 10.3. The van der Waals surface area contributed by atoms with Crippen LogP contribution in [0, 0.1) is 0 Å². The second kappa shape index (κ2) is 7.76. The van der Waals surface area contributed by atoms with Crippen LogP contribution in [0.1, 0.15) is 13.3 Å². The van der Waals surface area contributed by atoms with E-state index in [4.69, 9.17) is 5.73 Å². The Balaban J connectivity index is 2.77. The van der Waals surface area contributed by atoms with E-state index in [2.05, 4.69) is 13.2 Å². The van der Waals surface area contributed by atoms with E-state index < -0.39 is 0 Å². The summed E-state index contributed by atoms with van der Waals surface area (Å²) in [4.78, 5) is 0. The third-order valence-electron chi connectivity index (χ3n) is 1.15. The maximum atomic E-state index is 5.59. The topological polar surface area (TPSA) is 26.0 Å². The van der Waals surface area contributed by atoms with Crippen molar-refractivity contribution in [3.63, 3.8) is 0 Å². The molecule has 1 unspecified atom stereocenters. The first-order valence-corrected chi connectivity index (χ1v) is 6.14. The number of hydrogen-bond acceptors (Lipinski definition) is 3. The Morgan fingerprint density at radius 1 is 1.30 bits per heavy atom. The molecule has 0 aliphatic carbocycles. The zero-order chi connectivity index (χ0) is 7.82. The van der Waals surface area contributed by atoms with Gasteiger partial charge in [-0.25, -0.2) is 0 Å². The minimum atomic E-state index is 0.377. The molecule has 0 fully saturated rings. The first kappa shape index (κ1) is 10.7. The molecule has 0 aromatic rings. The zero-order valence-electron chi connectivity index (χ0n) is 6.80. The first-order chi connectivity index (χ1) is 4.77. The predicted molar refractivity (Wildman–Crippen MR) is 54.0 cm³/mol. The molecule has 0 saturated carbocycles. The molecule has 0 spiro atoms. The van der Waals surface area contributed by atoms with E-state index in [-0.39, 0.29) is 0 Å². The normalized spacial score (nSPS) is 13.5. The van der Waals surface area contributed by atoms with Gasteiger partial charge in [-0.2, -0.15) is 23.5 Å². The lowest BCUT2D eigenvalue weighted by Gasteiger charge is -2.02. The SMILES string of the molecule is CSCCSCCC(C)N. The molecular formula is C7H17NS2. The second-order valence-electron chi connectivity index (χ2n) is 2.37. The summed E-state index contributed by atoms with van der Waals surface area (Å²) in [7, 11) is 0. The minimum absolute atomic E-state index is 0.377. The Labute approximate surface area is 72.5 Å². The Kier molecular flexibility index (Phi) is 8.28. The highest BCUT2D eigenvalue weighted by atomic mass is 32.2. The fraction of sp³-hybridized carbons (Fsp3) is 1.00. The smallest absolute Gasteiger partial charge is 0.00234 e. The van der Waals surface area contributed by atoms with E-state index in [0.717, 1.165) is 6.42 Å². The molecule has 0 aromatic carbocycles. The van der Waals surface area contributed by atoms with Crippen LogP contribution in [0.3, 0.4) is 0 Å². The van der Waals surface area contributed by atoms with Gasteiger partial charge in [0, 0.05) is 17.5 Å². The quantitative estimate of drug-likeness (QED) is 0.630. The molecule has 10 heavy (non-hydrogen) atoms. The molecule has 62 valence electrons. The van der Waals surface area contributed by atoms with Crippen molar-refractivity contribution in [2.24, 2.45) is 5.73 Å². The molecular weight excluding hydrogens is 162 g/mol. The van der Waals surface area contributed by atoms with E-state index in [0.29, 0.717) is 6.04 Å². The summed E-state index contributed by atoms with van der Waals surface area (Å²) in [5, 5.41) is 0. The standard InChI is InChI=1S/C7H17NS2/c1-7(8)3-4-10-6-5-9-2/h7H,3-6,8H2,1-2H3. The molecule has 0 aliphatic heterocycles. The average Bonchev–Trinajstić information content (AvgIpc) is 1.87. The van der Waals surface area contributed by atoms with Gasteiger partial charge in [-0.15, -0.1) is 0 Å². The van der Waals surface area contributed by atoms with Gasteiger partial charge in [-0.05, 0) is 25.4 Å². The van der Waals surface area contributed by atoms with Gasteiger partial charge < -0.3 is 5.73 Å². The van der Waals surface area contributed by atoms with Crippen molar-refractivity contribution in [3.8, 4) is 0 Å². The van der Waals surface area contributed by atoms with Crippen LogP contribution in [0.4, 0.5) is 0 Å². The Morgan fingerprint density at radius 2 is 2.00 bits per heavy atom. The number of hydrogen-bond donors (Lipinski definition) is 1. The predicted octanol–water partition coefficient (Wildman–Crippen LogP) is 1.82. The molecule has 1 atom stereocenters. The maximum Gasteiger partial charge on any atom is 0.00234 e. The molecule has 0 saturated heterocycles. The van der Waals surface area contributed by atoms with Crippen LogP contribution in [0.25, 0.3) is 0 Å². The van der Waals surface area contributed by atoms with Gasteiger partial charge in [0.1, 0.15) is 0 Å².